The van der Waals surface area contributed by atoms with Crippen LogP contribution in [0.15, 0.2) is 42.2 Å². The molecule has 270 valence electrons. The monoisotopic (exact) mass is 728 g/mol. The molecule has 10 nitrogen and oxygen atoms in total. The highest BCUT2D eigenvalue weighted by atomic mass is 35.5. The first-order valence-corrected chi connectivity index (χ1v) is 19.7. The van der Waals surface area contributed by atoms with Gasteiger partial charge in [0, 0.05) is 36.8 Å². The molecular formula is C37H46ClFN4O6S. The number of amides is 2. The quantitative estimate of drug-likeness (QED) is 0.421. The summed E-state index contributed by atoms with van der Waals surface area (Å²) in [6.07, 6.45) is 5.27. The highest BCUT2D eigenvalue weighted by molar-refractivity contribution is 7.90. The van der Waals surface area contributed by atoms with Gasteiger partial charge in [0.1, 0.15) is 24.2 Å². The van der Waals surface area contributed by atoms with Crippen LogP contribution in [0, 0.1) is 5.92 Å². The van der Waals surface area contributed by atoms with Crippen LogP contribution in [0.3, 0.4) is 0 Å². The number of benzene rings is 2. The molecule has 0 saturated carbocycles. The SMILES string of the molecule is C[C@@H]1COCCN1C(=O)[C@H]1/C(F)=C/C[C@H](C)[C@@H](C)S(=O)(=O)NC(=O)c2ccc3c(c2)N2CCCCc4cc(Cl)cc(c4CO3)[C@]3(CCCN13)C2. The second-order valence-electron chi connectivity index (χ2n) is 14.6. The van der Waals surface area contributed by atoms with Gasteiger partial charge < -0.3 is 19.3 Å². The van der Waals surface area contributed by atoms with Crippen LogP contribution in [-0.2, 0) is 38.1 Å². The number of fused-ring (bicyclic) bond motifs is 1. The number of nitrogens with one attached hydrogen (secondary N) is 1. The summed E-state index contributed by atoms with van der Waals surface area (Å²) in [5, 5.41) is -0.437. The van der Waals surface area contributed by atoms with Gasteiger partial charge >= 0.3 is 0 Å². The summed E-state index contributed by atoms with van der Waals surface area (Å²) in [5.74, 6) is -1.68. The Labute approximate surface area is 299 Å². The van der Waals surface area contributed by atoms with Gasteiger partial charge in [-0.1, -0.05) is 24.6 Å². The van der Waals surface area contributed by atoms with Crippen LogP contribution in [0.1, 0.15) is 79.9 Å². The summed E-state index contributed by atoms with van der Waals surface area (Å²) in [6.45, 7) is 7.87. The Balaban J connectivity index is 1.49. The fourth-order valence-corrected chi connectivity index (χ4v) is 10.0. The number of anilines is 1. The van der Waals surface area contributed by atoms with Gasteiger partial charge in [-0.2, -0.15) is 0 Å². The molecule has 13 heteroatoms. The highest BCUT2D eigenvalue weighted by Gasteiger charge is 2.53. The molecule has 0 aliphatic carbocycles. The zero-order valence-electron chi connectivity index (χ0n) is 28.9. The standard InChI is InChI=1S/C37H46ClFN4O6S/c1-23-8-10-31(39)34(36(45)42-15-16-48-20-24(42)2)43-14-6-12-37(43)22-41-13-5-4-7-26-17-28(38)19-30(37)29(26)21-49-33-11-9-27(18-32(33)41)35(44)40-50(46,47)25(23)3/h9-11,17-19,23-25,34H,4-8,12-16,20-22H2,1-3H3,(H,40,44)/b31-10-/t23-,24+,25+,34+,37-/m0/s1. The van der Waals surface area contributed by atoms with Crippen LogP contribution in [0.4, 0.5) is 10.1 Å². The molecule has 1 spiro atoms. The number of ether oxygens (including phenoxy) is 2. The van der Waals surface area contributed by atoms with Crippen LogP contribution in [0.5, 0.6) is 5.75 Å². The molecule has 5 heterocycles. The zero-order valence-corrected chi connectivity index (χ0v) is 30.5. The van der Waals surface area contributed by atoms with Crippen molar-refractivity contribution in [2.24, 2.45) is 5.92 Å². The van der Waals surface area contributed by atoms with Gasteiger partial charge in [0.25, 0.3) is 5.91 Å². The van der Waals surface area contributed by atoms with Gasteiger partial charge in [-0.25, -0.2) is 17.5 Å². The van der Waals surface area contributed by atoms with E-state index in [2.05, 4.69) is 14.5 Å². The molecule has 5 aliphatic heterocycles. The molecule has 2 saturated heterocycles. The molecule has 2 aromatic rings. The van der Waals surface area contributed by atoms with Gasteiger partial charge in [-0.05, 0) is 105 Å². The molecule has 0 radical (unpaired) electrons. The molecule has 0 aromatic heterocycles. The van der Waals surface area contributed by atoms with E-state index in [9.17, 15) is 18.0 Å². The molecule has 2 amide bonds. The Morgan fingerprint density at radius 1 is 1.08 bits per heavy atom. The van der Waals surface area contributed by atoms with Crippen molar-refractivity contribution in [3.63, 3.8) is 0 Å². The van der Waals surface area contributed by atoms with Crippen molar-refractivity contribution in [1.29, 1.82) is 0 Å². The molecule has 50 heavy (non-hydrogen) atoms. The van der Waals surface area contributed by atoms with E-state index in [1.807, 2.05) is 19.1 Å². The maximum atomic E-state index is 17.2. The molecule has 7 rings (SSSR count). The van der Waals surface area contributed by atoms with Crippen LogP contribution < -0.4 is 14.4 Å². The summed E-state index contributed by atoms with van der Waals surface area (Å²) >= 11 is 6.91. The third-order valence-electron chi connectivity index (χ3n) is 11.5. The lowest BCUT2D eigenvalue weighted by atomic mass is 9.79. The summed E-state index contributed by atoms with van der Waals surface area (Å²) in [4.78, 5) is 34.3. The minimum atomic E-state index is -4.13. The molecular weight excluding hydrogens is 683 g/mol. The van der Waals surface area contributed by atoms with Crippen molar-refractivity contribution in [3.8, 4) is 5.75 Å². The zero-order chi connectivity index (χ0) is 35.4. The van der Waals surface area contributed by atoms with Crippen molar-refractivity contribution < 1.29 is 31.9 Å². The van der Waals surface area contributed by atoms with Crippen LogP contribution in [0.2, 0.25) is 5.02 Å². The van der Waals surface area contributed by atoms with Gasteiger partial charge in [0.05, 0.1) is 35.7 Å². The number of carbonyl (C=O) groups is 2. The van der Waals surface area contributed by atoms with Crippen molar-refractivity contribution in [2.45, 2.75) is 88.8 Å². The van der Waals surface area contributed by atoms with Crippen molar-refractivity contribution in [2.75, 3.05) is 44.3 Å². The van der Waals surface area contributed by atoms with E-state index in [-0.39, 0.29) is 30.5 Å². The minimum absolute atomic E-state index is 0.0523. The topological polar surface area (TPSA) is 108 Å². The summed E-state index contributed by atoms with van der Waals surface area (Å²) in [7, 11) is -4.13. The Bertz CT molecular complexity index is 1820. The highest BCUT2D eigenvalue weighted by Crippen LogP contribution is 2.49. The maximum Gasteiger partial charge on any atom is 0.264 e. The van der Waals surface area contributed by atoms with E-state index in [1.54, 1.807) is 30.0 Å². The minimum Gasteiger partial charge on any atom is -0.487 e. The van der Waals surface area contributed by atoms with Crippen molar-refractivity contribution in [3.05, 3.63) is 69.5 Å². The Morgan fingerprint density at radius 2 is 1.90 bits per heavy atom. The van der Waals surface area contributed by atoms with Crippen LogP contribution >= 0.6 is 11.6 Å². The average molecular weight is 729 g/mol. The molecule has 1 N–H and O–H groups in total. The average Bonchev–Trinajstić information content (AvgIpc) is 3.50. The number of allylic oxidation sites excluding steroid dienone is 1. The summed E-state index contributed by atoms with van der Waals surface area (Å²) in [6, 6.07) is 7.50. The second kappa shape index (κ2) is 13.7. The molecule has 5 aliphatic rings. The van der Waals surface area contributed by atoms with Gasteiger partial charge in [-0.15, -0.1) is 0 Å². The normalized spacial score (nSPS) is 31.2. The lowest BCUT2D eigenvalue weighted by Gasteiger charge is -2.48. The molecule has 7 bridgehead atoms. The smallest absolute Gasteiger partial charge is 0.264 e. The number of carbonyl (C=O) groups excluding carboxylic acids is 2. The van der Waals surface area contributed by atoms with Gasteiger partial charge in [-0.3, -0.25) is 14.5 Å². The van der Waals surface area contributed by atoms with Crippen molar-refractivity contribution in [1.82, 2.24) is 14.5 Å². The predicted molar refractivity (Wildman–Crippen MR) is 190 cm³/mol. The fraction of sp³-hybridized carbons (Fsp3) is 0.568. The Morgan fingerprint density at radius 3 is 2.70 bits per heavy atom. The first kappa shape index (κ1) is 35.2. The van der Waals surface area contributed by atoms with E-state index in [4.69, 9.17) is 21.1 Å². The van der Waals surface area contributed by atoms with Crippen LogP contribution in [0.25, 0.3) is 0 Å². The third kappa shape index (κ3) is 6.30. The predicted octanol–water partition coefficient (Wildman–Crippen LogP) is 5.32. The van der Waals surface area contributed by atoms with Crippen LogP contribution in [-0.4, -0.2) is 86.8 Å². The second-order valence-corrected chi connectivity index (χ2v) is 17.1. The number of aryl methyl sites for hydroxylation is 1. The van der Waals surface area contributed by atoms with Gasteiger partial charge in [0.2, 0.25) is 15.9 Å². The largest absolute Gasteiger partial charge is 0.487 e. The molecule has 2 fully saturated rings. The lowest BCUT2D eigenvalue weighted by Crippen LogP contribution is -2.61. The van der Waals surface area contributed by atoms with E-state index >= 15 is 4.39 Å². The Kier molecular flexibility index (Phi) is 9.68. The number of hydrogen-bond donors (Lipinski definition) is 1. The first-order chi connectivity index (χ1) is 23.9. The number of morpholine rings is 1. The third-order valence-corrected chi connectivity index (χ3v) is 13.7. The number of rotatable bonds is 1. The fourth-order valence-electron chi connectivity index (χ4n) is 8.52. The lowest BCUT2D eigenvalue weighted by molar-refractivity contribution is -0.146. The Hall–Kier alpha value is -3.19. The van der Waals surface area contributed by atoms with E-state index < -0.39 is 44.5 Å². The van der Waals surface area contributed by atoms with E-state index in [1.165, 1.54) is 13.0 Å². The molecule has 5 atom stereocenters. The molecule has 2 aromatic carbocycles. The number of nitrogens with zero attached hydrogens (tertiary/aromatic N) is 3. The number of halogens is 2. The van der Waals surface area contributed by atoms with Gasteiger partial charge in [0.15, 0.2) is 0 Å². The van der Waals surface area contributed by atoms with E-state index in [0.717, 1.165) is 36.0 Å². The molecule has 0 unspecified atom stereocenters. The first-order valence-electron chi connectivity index (χ1n) is 17.8. The summed E-state index contributed by atoms with van der Waals surface area (Å²) < 4.78 is 58.6. The number of sulfonamides is 1. The van der Waals surface area contributed by atoms with Crippen molar-refractivity contribution >= 4 is 39.1 Å². The summed E-state index contributed by atoms with van der Waals surface area (Å²) in [5.41, 5.74) is 2.99. The van der Waals surface area contributed by atoms with E-state index in [0.29, 0.717) is 68.7 Å². The maximum absolute atomic E-state index is 17.2. The number of hydrogen-bond acceptors (Lipinski definition) is 8.